The second-order valence-electron chi connectivity index (χ2n) is 7.52. The summed E-state index contributed by atoms with van der Waals surface area (Å²) >= 11 is 0. The molecule has 10 unspecified atom stereocenters. The van der Waals surface area contributed by atoms with E-state index in [0.717, 1.165) is 0 Å². The van der Waals surface area contributed by atoms with Gasteiger partial charge in [-0.3, -0.25) is 0 Å². The minimum Gasteiger partial charge on any atom is -0.547 e. The normalized spacial score (nSPS) is 42.1. The molecule has 0 bridgehead atoms. The number of hydrogen-bond donors (Lipinski definition) is 4. The van der Waals surface area contributed by atoms with E-state index >= 15 is 0 Å². The number of aliphatic hydroxyl groups excluding tert-OH is 4. The first-order chi connectivity index (χ1) is 14.1. The molecule has 2 aliphatic rings. The van der Waals surface area contributed by atoms with Gasteiger partial charge in [-0.15, -0.1) is 0 Å². The van der Waals surface area contributed by atoms with E-state index in [-0.39, 0.29) is 13.0 Å². The highest BCUT2D eigenvalue weighted by Crippen LogP contribution is 2.30. The van der Waals surface area contributed by atoms with E-state index < -0.39 is 85.8 Å². The highest BCUT2D eigenvalue weighted by molar-refractivity contribution is 5.71. The minimum atomic E-state index is -1.60. The lowest BCUT2D eigenvalue weighted by Crippen LogP contribution is -2.62. The van der Waals surface area contributed by atoms with Crippen LogP contribution in [0.15, 0.2) is 0 Å². The van der Waals surface area contributed by atoms with Gasteiger partial charge in [0.05, 0.1) is 50.1 Å². The van der Waals surface area contributed by atoms with E-state index in [2.05, 4.69) is 0 Å². The fraction of sp³-hybridized carbons (Fsp3) is 0.889. The topological polar surface area (TPSA) is 198 Å². The maximum Gasteiger partial charge on any atom is 0.110 e. The molecule has 0 amide bonds. The smallest absolute Gasteiger partial charge is 0.110 e. The molecule has 0 aliphatic carbocycles. The lowest BCUT2D eigenvalue weighted by molar-refractivity contribution is -0.335. The minimum absolute atomic E-state index is 0.195. The molecular weight excluding hydrogens is 408 g/mol. The van der Waals surface area contributed by atoms with E-state index in [4.69, 9.17) is 18.9 Å². The molecule has 12 nitrogen and oxygen atoms in total. The predicted octanol–water partition coefficient (Wildman–Crippen LogP) is -5.23. The monoisotopic (exact) mass is 436 g/mol. The number of carbonyl (C=O) groups is 2. The fourth-order valence-electron chi connectivity index (χ4n) is 3.86. The van der Waals surface area contributed by atoms with Crippen LogP contribution in [0, 0.1) is 11.8 Å². The van der Waals surface area contributed by atoms with Gasteiger partial charge in [-0.25, -0.2) is 0 Å². The van der Waals surface area contributed by atoms with Crippen molar-refractivity contribution in [3.8, 4) is 0 Å². The van der Waals surface area contributed by atoms with Crippen LogP contribution >= 0.6 is 0 Å². The average molecular weight is 436 g/mol. The molecule has 12 heteroatoms. The van der Waals surface area contributed by atoms with Gasteiger partial charge in [0.15, 0.2) is 0 Å². The van der Waals surface area contributed by atoms with E-state index in [1.807, 2.05) is 0 Å². The first kappa shape index (κ1) is 24.9. The number of carbonyl (C=O) groups excluding carboxylic acids is 2. The second-order valence-corrected chi connectivity index (χ2v) is 7.52. The van der Waals surface area contributed by atoms with Crippen molar-refractivity contribution in [1.82, 2.24) is 0 Å². The van der Waals surface area contributed by atoms with Crippen LogP contribution in [0.1, 0.15) is 13.3 Å². The zero-order valence-electron chi connectivity index (χ0n) is 16.7. The summed E-state index contributed by atoms with van der Waals surface area (Å²) in [6.45, 7) is 0.604. The van der Waals surface area contributed by atoms with Gasteiger partial charge in [-0.2, -0.15) is 0 Å². The summed E-state index contributed by atoms with van der Waals surface area (Å²) in [7, 11) is 1.30. The molecule has 0 radical (unpaired) electrons. The maximum absolute atomic E-state index is 11.4. The first-order valence-electron chi connectivity index (χ1n) is 9.65. The molecule has 2 aliphatic heterocycles. The Kier molecular flexibility index (Phi) is 8.94. The number of methoxy groups -OCH3 is 1. The van der Waals surface area contributed by atoms with Gasteiger partial charge >= 0.3 is 0 Å². The van der Waals surface area contributed by atoms with Gasteiger partial charge in [0, 0.05) is 18.9 Å². The number of rotatable bonds is 9. The number of carboxylic acids is 2. The fourth-order valence-corrected chi connectivity index (χ4v) is 3.86. The van der Waals surface area contributed by atoms with Crippen LogP contribution in [0.4, 0.5) is 0 Å². The highest BCUT2D eigenvalue weighted by atomic mass is 16.6. The maximum atomic E-state index is 11.4. The van der Waals surface area contributed by atoms with Crippen LogP contribution in [0.25, 0.3) is 0 Å². The molecule has 2 saturated heterocycles. The Morgan fingerprint density at radius 2 is 1.27 bits per heavy atom. The number of carboxylic acid groups (broad SMARTS) is 2. The summed E-state index contributed by atoms with van der Waals surface area (Å²) in [4.78, 5) is 22.7. The zero-order chi connectivity index (χ0) is 22.6. The van der Waals surface area contributed by atoms with Crippen LogP contribution in [-0.4, -0.2) is 108 Å². The molecule has 174 valence electrons. The SMILES string of the molecule is CCC1OC(C(=O)[O-])C(COCC2OC(C(=O)[O-])C(COC)C(O)C2O)C(O)C1O. The Balaban J connectivity index is 2.02. The van der Waals surface area contributed by atoms with Crippen molar-refractivity contribution in [3.05, 3.63) is 0 Å². The number of aliphatic carboxylic acids is 2. The van der Waals surface area contributed by atoms with Crippen molar-refractivity contribution in [2.45, 2.75) is 62.2 Å². The Morgan fingerprint density at radius 3 is 1.73 bits per heavy atom. The molecule has 30 heavy (non-hydrogen) atoms. The van der Waals surface area contributed by atoms with Gasteiger partial charge in [-0.05, 0) is 6.42 Å². The summed E-state index contributed by atoms with van der Waals surface area (Å²) in [6, 6.07) is 0. The third-order valence-corrected chi connectivity index (χ3v) is 5.58. The van der Waals surface area contributed by atoms with E-state index in [1.54, 1.807) is 6.92 Å². The van der Waals surface area contributed by atoms with Crippen LogP contribution in [0.3, 0.4) is 0 Å². The largest absolute Gasteiger partial charge is 0.547 e. The predicted molar refractivity (Wildman–Crippen MR) is 91.3 cm³/mol. The van der Waals surface area contributed by atoms with Crippen molar-refractivity contribution in [1.29, 1.82) is 0 Å². The molecule has 0 saturated carbocycles. The van der Waals surface area contributed by atoms with Gasteiger partial charge in [-0.1, -0.05) is 6.92 Å². The summed E-state index contributed by atoms with van der Waals surface area (Å²) in [5, 5.41) is 63.5. The Hall–Kier alpha value is -1.38. The lowest BCUT2D eigenvalue weighted by atomic mass is 9.86. The summed E-state index contributed by atoms with van der Waals surface area (Å²) < 4.78 is 20.8. The number of ether oxygens (including phenoxy) is 4. The van der Waals surface area contributed by atoms with Gasteiger partial charge in [0.2, 0.25) is 0 Å². The molecule has 0 aromatic heterocycles. The van der Waals surface area contributed by atoms with Gasteiger partial charge in [0.25, 0.3) is 0 Å². The molecule has 2 rings (SSSR count). The molecular formula is C18H28O12-2. The standard InChI is InChI=1S/C18H30O12/c1-3-9-13(21)12(20)8(16(29-9)18(25)26)5-28-6-10-14(22)11(19)7(4-27-2)15(30-10)17(23)24/h7-16,19-22H,3-6H2,1-2H3,(H,23,24)(H,25,26)/p-2. The average Bonchev–Trinajstić information content (AvgIpc) is 2.69. The Morgan fingerprint density at radius 1 is 0.800 bits per heavy atom. The molecule has 2 heterocycles. The number of aliphatic hydroxyl groups is 4. The lowest BCUT2D eigenvalue weighted by Gasteiger charge is -2.44. The van der Waals surface area contributed by atoms with Crippen LogP contribution in [-0.2, 0) is 28.5 Å². The van der Waals surface area contributed by atoms with E-state index in [0.29, 0.717) is 0 Å². The van der Waals surface area contributed by atoms with Crippen LogP contribution < -0.4 is 10.2 Å². The molecule has 10 atom stereocenters. The van der Waals surface area contributed by atoms with Gasteiger partial charge in [0.1, 0.15) is 30.5 Å². The van der Waals surface area contributed by atoms with E-state index in [1.165, 1.54) is 7.11 Å². The van der Waals surface area contributed by atoms with Crippen LogP contribution in [0.2, 0.25) is 0 Å². The molecule has 0 spiro atoms. The third-order valence-electron chi connectivity index (χ3n) is 5.58. The third kappa shape index (κ3) is 5.26. The number of hydrogen-bond acceptors (Lipinski definition) is 12. The second kappa shape index (κ2) is 10.8. The molecule has 0 aromatic carbocycles. The van der Waals surface area contributed by atoms with Crippen molar-refractivity contribution < 1.29 is 59.2 Å². The molecule has 4 N–H and O–H groups in total. The quantitative estimate of drug-likeness (QED) is 0.268. The Bertz CT molecular complexity index is 586. The van der Waals surface area contributed by atoms with Gasteiger partial charge < -0.3 is 59.2 Å². The van der Waals surface area contributed by atoms with Crippen molar-refractivity contribution >= 4 is 11.9 Å². The van der Waals surface area contributed by atoms with E-state index in [9.17, 15) is 40.2 Å². The molecule has 0 aromatic rings. The summed E-state index contributed by atoms with van der Waals surface area (Å²) in [5.74, 6) is -5.44. The van der Waals surface area contributed by atoms with Crippen molar-refractivity contribution in [2.24, 2.45) is 11.8 Å². The molecule has 2 fully saturated rings. The highest BCUT2D eigenvalue weighted by Gasteiger charge is 2.46. The zero-order valence-corrected chi connectivity index (χ0v) is 16.7. The van der Waals surface area contributed by atoms with Crippen molar-refractivity contribution in [2.75, 3.05) is 26.9 Å². The summed E-state index contributed by atoms with van der Waals surface area (Å²) in [6.07, 6.45) is -10.8. The van der Waals surface area contributed by atoms with Crippen LogP contribution in [0.5, 0.6) is 0 Å². The summed E-state index contributed by atoms with van der Waals surface area (Å²) in [5.41, 5.74) is 0. The van der Waals surface area contributed by atoms with Crippen molar-refractivity contribution in [3.63, 3.8) is 0 Å². The Labute approximate surface area is 172 Å². The first-order valence-corrected chi connectivity index (χ1v) is 9.65.